The third kappa shape index (κ3) is 2.88. The summed E-state index contributed by atoms with van der Waals surface area (Å²) in [6.45, 7) is 0.540. The zero-order valence-corrected chi connectivity index (χ0v) is 9.39. The van der Waals surface area contributed by atoms with Crippen molar-refractivity contribution in [3.8, 4) is 17.6 Å². The topological polar surface area (TPSA) is 53.2 Å². The monoisotopic (exact) mass is 227 g/mol. The molecule has 0 saturated heterocycles. The normalized spacial score (nSPS) is 10.1. The quantitative estimate of drug-likeness (QED) is 0.816. The van der Waals surface area contributed by atoms with Crippen LogP contribution in [0.5, 0.6) is 11.5 Å². The summed E-state index contributed by atoms with van der Waals surface area (Å²) in [4.78, 5) is 0. The van der Waals surface area contributed by atoms with Crippen LogP contribution in [0.1, 0.15) is 12.8 Å². The zero-order valence-electron chi connectivity index (χ0n) is 9.39. The van der Waals surface area contributed by atoms with Crippen molar-refractivity contribution < 1.29 is 9.84 Å². The minimum atomic E-state index is 0.249. The molecule has 0 spiro atoms. The Hall–Kier alpha value is -2.21. The van der Waals surface area contributed by atoms with E-state index < -0.39 is 0 Å². The highest BCUT2D eigenvalue weighted by molar-refractivity contribution is 5.85. The second kappa shape index (κ2) is 5.22. The molecule has 17 heavy (non-hydrogen) atoms. The highest BCUT2D eigenvalue weighted by atomic mass is 16.5. The maximum absolute atomic E-state index is 9.39. The van der Waals surface area contributed by atoms with Crippen LogP contribution >= 0.6 is 0 Å². The van der Waals surface area contributed by atoms with Crippen molar-refractivity contribution in [1.82, 2.24) is 0 Å². The first kappa shape index (κ1) is 11.3. The maximum Gasteiger partial charge on any atom is 0.119 e. The summed E-state index contributed by atoms with van der Waals surface area (Å²) < 4.78 is 5.52. The van der Waals surface area contributed by atoms with Crippen molar-refractivity contribution in [2.45, 2.75) is 12.8 Å². The predicted octanol–water partition coefficient (Wildman–Crippen LogP) is 3.23. The van der Waals surface area contributed by atoms with Crippen molar-refractivity contribution >= 4 is 10.8 Å². The predicted molar refractivity (Wildman–Crippen MR) is 66.0 cm³/mol. The highest BCUT2D eigenvalue weighted by Crippen LogP contribution is 2.24. The van der Waals surface area contributed by atoms with Gasteiger partial charge in [0, 0.05) is 6.42 Å². The Bertz CT molecular complexity index is 558. The average Bonchev–Trinajstić information content (AvgIpc) is 2.34. The molecule has 2 rings (SSSR count). The van der Waals surface area contributed by atoms with Gasteiger partial charge in [-0.3, -0.25) is 0 Å². The summed E-state index contributed by atoms with van der Waals surface area (Å²) in [6, 6.07) is 13.0. The molecule has 1 N–H and O–H groups in total. The number of fused-ring (bicyclic) bond motifs is 1. The molecule has 0 aliphatic rings. The van der Waals surface area contributed by atoms with Crippen molar-refractivity contribution in [1.29, 1.82) is 5.26 Å². The van der Waals surface area contributed by atoms with Crippen LogP contribution in [0.15, 0.2) is 36.4 Å². The Morgan fingerprint density at radius 1 is 1.12 bits per heavy atom. The Morgan fingerprint density at radius 3 is 2.76 bits per heavy atom. The summed E-state index contributed by atoms with van der Waals surface area (Å²) in [5.41, 5.74) is 0. The third-order valence-corrected chi connectivity index (χ3v) is 2.50. The first-order valence-electron chi connectivity index (χ1n) is 5.52. The largest absolute Gasteiger partial charge is 0.508 e. The lowest BCUT2D eigenvalue weighted by Crippen LogP contribution is -1.96. The van der Waals surface area contributed by atoms with Gasteiger partial charge in [-0.05, 0) is 41.5 Å². The molecule has 0 amide bonds. The van der Waals surface area contributed by atoms with Gasteiger partial charge in [0.2, 0.25) is 0 Å². The number of rotatable bonds is 4. The van der Waals surface area contributed by atoms with E-state index in [4.69, 9.17) is 10.00 Å². The summed E-state index contributed by atoms with van der Waals surface area (Å²) in [7, 11) is 0. The number of aromatic hydroxyl groups is 1. The Labute approximate surface area is 99.9 Å². The molecule has 3 nitrogen and oxygen atoms in total. The van der Waals surface area contributed by atoms with Gasteiger partial charge in [-0.1, -0.05) is 12.1 Å². The van der Waals surface area contributed by atoms with Gasteiger partial charge in [-0.15, -0.1) is 0 Å². The van der Waals surface area contributed by atoms with Gasteiger partial charge < -0.3 is 9.84 Å². The number of phenols is 1. The van der Waals surface area contributed by atoms with Crippen molar-refractivity contribution in [2.75, 3.05) is 6.61 Å². The average molecular weight is 227 g/mol. The molecule has 2 aromatic rings. The van der Waals surface area contributed by atoms with Gasteiger partial charge in [0.15, 0.2) is 0 Å². The molecular weight excluding hydrogens is 214 g/mol. The number of nitrogens with zero attached hydrogens (tertiary/aromatic N) is 1. The standard InChI is InChI=1S/C14H13NO2/c15-7-1-2-8-17-14-6-4-11-3-5-13(16)9-12(11)10-14/h3-6,9-10,16H,1-2,8H2. The van der Waals surface area contributed by atoms with Crippen LogP contribution in [0, 0.1) is 11.3 Å². The first-order valence-corrected chi connectivity index (χ1v) is 5.52. The molecule has 0 radical (unpaired) electrons. The molecule has 0 aliphatic carbocycles. The zero-order chi connectivity index (χ0) is 12.1. The third-order valence-electron chi connectivity index (χ3n) is 2.50. The number of hydrogen-bond acceptors (Lipinski definition) is 3. The second-order valence-electron chi connectivity index (χ2n) is 3.80. The molecule has 0 unspecified atom stereocenters. The number of nitriles is 1. The molecule has 0 saturated carbocycles. The molecule has 0 aromatic heterocycles. The lowest BCUT2D eigenvalue weighted by molar-refractivity contribution is 0.313. The molecule has 3 heteroatoms. The highest BCUT2D eigenvalue weighted by Gasteiger charge is 1.98. The minimum Gasteiger partial charge on any atom is -0.508 e. The summed E-state index contributed by atoms with van der Waals surface area (Å²) in [6.07, 6.45) is 1.24. The summed E-state index contributed by atoms with van der Waals surface area (Å²) in [5, 5.41) is 19.8. The maximum atomic E-state index is 9.39. The van der Waals surface area contributed by atoms with Crippen LogP contribution in [0.2, 0.25) is 0 Å². The number of ether oxygens (including phenoxy) is 1. The van der Waals surface area contributed by atoms with Crippen molar-refractivity contribution in [3.63, 3.8) is 0 Å². The Kier molecular flexibility index (Phi) is 3.46. The smallest absolute Gasteiger partial charge is 0.119 e. The molecule has 0 fully saturated rings. The van der Waals surface area contributed by atoms with Crippen LogP contribution in [0.4, 0.5) is 0 Å². The molecule has 0 atom stereocenters. The number of benzene rings is 2. The van der Waals surface area contributed by atoms with Gasteiger partial charge in [-0.25, -0.2) is 0 Å². The summed E-state index contributed by atoms with van der Waals surface area (Å²) in [5.74, 6) is 1.01. The Balaban J connectivity index is 2.11. The fraction of sp³-hybridized carbons (Fsp3) is 0.214. The van der Waals surface area contributed by atoms with Gasteiger partial charge in [0.05, 0.1) is 12.7 Å². The number of unbranched alkanes of at least 4 members (excludes halogenated alkanes) is 1. The molecule has 0 heterocycles. The fourth-order valence-corrected chi connectivity index (χ4v) is 1.64. The SMILES string of the molecule is N#CCCCOc1ccc2ccc(O)cc2c1. The lowest BCUT2D eigenvalue weighted by atomic mass is 10.1. The van der Waals surface area contributed by atoms with Crippen LogP contribution in [0.3, 0.4) is 0 Å². The first-order chi connectivity index (χ1) is 8.29. The second-order valence-corrected chi connectivity index (χ2v) is 3.80. The van der Waals surface area contributed by atoms with E-state index in [1.54, 1.807) is 12.1 Å². The molecule has 0 aliphatic heterocycles. The van der Waals surface area contributed by atoms with Crippen LogP contribution in [-0.4, -0.2) is 11.7 Å². The van der Waals surface area contributed by atoms with E-state index in [-0.39, 0.29) is 5.75 Å². The number of phenolic OH excluding ortho intramolecular Hbond substituents is 1. The van der Waals surface area contributed by atoms with E-state index in [0.29, 0.717) is 13.0 Å². The minimum absolute atomic E-state index is 0.249. The van der Waals surface area contributed by atoms with Crippen LogP contribution in [-0.2, 0) is 0 Å². The van der Waals surface area contributed by atoms with Crippen molar-refractivity contribution in [2.24, 2.45) is 0 Å². The van der Waals surface area contributed by atoms with E-state index in [1.165, 1.54) is 0 Å². The lowest BCUT2D eigenvalue weighted by Gasteiger charge is -2.06. The Morgan fingerprint density at radius 2 is 1.94 bits per heavy atom. The molecular formula is C14H13NO2. The van der Waals surface area contributed by atoms with Crippen LogP contribution < -0.4 is 4.74 Å². The van der Waals surface area contributed by atoms with Gasteiger partial charge >= 0.3 is 0 Å². The van der Waals surface area contributed by atoms with Gasteiger partial charge in [0.25, 0.3) is 0 Å². The number of hydrogen-bond donors (Lipinski definition) is 1. The van der Waals surface area contributed by atoms with Gasteiger partial charge in [-0.2, -0.15) is 5.26 Å². The van der Waals surface area contributed by atoms with Gasteiger partial charge in [0.1, 0.15) is 11.5 Å². The van der Waals surface area contributed by atoms with Crippen LogP contribution in [0.25, 0.3) is 10.8 Å². The molecule has 2 aromatic carbocycles. The summed E-state index contributed by atoms with van der Waals surface area (Å²) >= 11 is 0. The molecule has 0 bridgehead atoms. The van der Waals surface area contributed by atoms with E-state index in [0.717, 1.165) is 22.9 Å². The van der Waals surface area contributed by atoms with E-state index in [2.05, 4.69) is 6.07 Å². The van der Waals surface area contributed by atoms with E-state index in [9.17, 15) is 5.11 Å². The van der Waals surface area contributed by atoms with E-state index >= 15 is 0 Å². The van der Waals surface area contributed by atoms with E-state index in [1.807, 2.05) is 24.3 Å². The molecule has 86 valence electrons. The fourth-order valence-electron chi connectivity index (χ4n) is 1.64. The van der Waals surface area contributed by atoms with Crippen molar-refractivity contribution in [3.05, 3.63) is 36.4 Å².